The SMILES string of the molecule is Nc1ccc(/C=C/C2=CC=CCN2)c2ccccc12. The maximum atomic E-state index is 6.01. The van der Waals surface area contributed by atoms with E-state index in [1.165, 1.54) is 10.9 Å². The van der Waals surface area contributed by atoms with Crippen LogP contribution in [0, 0.1) is 0 Å². The molecule has 0 atom stereocenters. The number of nitrogens with two attached hydrogens (primary N) is 1. The third-order valence-corrected chi connectivity index (χ3v) is 3.27. The third kappa shape index (κ3) is 2.38. The lowest BCUT2D eigenvalue weighted by molar-refractivity contribution is 0.923. The van der Waals surface area contributed by atoms with Crippen LogP contribution in [0.1, 0.15) is 5.56 Å². The van der Waals surface area contributed by atoms with E-state index < -0.39 is 0 Å². The van der Waals surface area contributed by atoms with Gasteiger partial charge in [0.2, 0.25) is 0 Å². The quantitative estimate of drug-likeness (QED) is 0.798. The molecule has 0 fully saturated rings. The van der Waals surface area contributed by atoms with E-state index in [0.29, 0.717) is 0 Å². The van der Waals surface area contributed by atoms with Crippen LogP contribution in [0.3, 0.4) is 0 Å². The first kappa shape index (κ1) is 11.6. The number of hydrogen-bond donors (Lipinski definition) is 2. The lowest BCUT2D eigenvalue weighted by Crippen LogP contribution is -2.13. The van der Waals surface area contributed by atoms with E-state index in [1.807, 2.05) is 18.2 Å². The smallest absolute Gasteiger partial charge is 0.0394 e. The molecule has 3 N–H and O–H groups in total. The largest absolute Gasteiger partial charge is 0.398 e. The molecule has 0 saturated carbocycles. The minimum atomic E-state index is 0.825. The fourth-order valence-electron chi connectivity index (χ4n) is 2.26. The van der Waals surface area contributed by atoms with Crippen molar-refractivity contribution < 1.29 is 0 Å². The van der Waals surface area contributed by atoms with E-state index in [2.05, 4.69) is 53.9 Å². The molecule has 1 aliphatic rings. The number of benzene rings is 2. The number of anilines is 1. The lowest BCUT2D eigenvalue weighted by atomic mass is 10.0. The molecule has 0 unspecified atom stereocenters. The number of nitrogen functional groups attached to an aromatic ring is 1. The van der Waals surface area contributed by atoms with E-state index >= 15 is 0 Å². The first-order chi connectivity index (χ1) is 9.34. The van der Waals surface area contributed by atoms with Gasteiger partial charge < -0.3 is 11.1 Å². The van der Waals surface area contributed by atoms with Gasteiger partial charge in [0.25, 0.3) is 0 Å². The second-order valence-electron chi connectivity index (χ2n) is 4.55. The fraction of sp³-hybridized carbons (Fsp3) is 0.0588. The van der Waals surface area contributed by atoms with Crippen molar-refractivity contribution >= 4 is 22.5 Å². The highest BCUT2D eigenvalue weighted by molar-refractivity contribution is 5.98. The van der Waals surface area contributed by atoms with Crippen molar-refractivity contribution in [3.05, 3.63) is 72.0 Å². The van der Waals surface area contributed by atoms with Crippen molar-refractivity contribution in [3.8, 4) is 0 Å². The zero-order valence-electron chi connectivity index (χ0n) is 10.6. The molecule has 2 aromatic rings. The average molecular weight is 248 g/mol. The van der Waals surface area contributed by atoms with E-state index in [-0.39, 0.29) is 0 Å². The van der Waals surface area contributed by atoms with Crippen LogP contribution in [0.15, 0.2) is 66.4 Å². The van der Waals surface area contributed by atoms with Gasteiger partial charge in [0.05, 0.1) is 0 Å². The summed E-state index contributed by atoms with van der Waals surface area (Å²) in [4.78, 5) is 0. The van der Waals surface area contributed by atoms with Crippen molar-refractivity contribution in [2.24, 2.45) is 0 Å². The van der Waals surface area contributed by atoms with Crippen LogP contribution >= 0.6 is 0 Å². The Morgan fingerprint density at radius 1 is 1.00 bits per heavy atom. The zero-order chi connectivity index (χ0) is 13.1. The van der Waals surface area contributed by atoms with Gasteiger partial charge in [-0.25, -0.2) is 0 Å². The lowest BCUT2D eigenvalue weighted by Gasteiger charge is -2.08. The van der Waals surface area contributed by atoms with Crippen molar-refractivity contribution in [1.82, 2.24) is 5.32 Å². The first-order valence-corrected chi connectivity index (χ1v) is 6.40. The van der Waals surface area contributed by atoms with Crippen molar-refractivity contribution in [2.75, 3.05) is 12.3 Å². The molecule has 0 aromatic heterocycles. The Labute approximate surface area is 112 Å². The summed E-state index contributed by atoms with van der Waals surface area (Å²) in [6, 6.07) is 12.2. The molecular weight excluding hydrogens is 232 g/mol. The molecule has 2 nitrogen and oxygen atoms in total. The molecule has 0 radical (unpaired) electrons. The summed E-state index contributed by atoms with van der Waals surface area (Å²) in [7, 11) is 0. The molecule has 94 valence electrons. The Hall–Kier alpha value is -2.48. The maximum absolute atomic E-state index is 6.01. The highest BCUT2D eigenvalue weighted by Crippen LogP contribution is 2.25. The predicted octanol–water partition coefficient (Wildman–Crippen LogP) is 3.48. The summed E-state index contributed by atoms with van der Waals surface area (Å²) in [5, 5.41) is 5.60. The number of dihydropyridines is 1. The molecular formula is C17H16N2. The number of fused-ring (bicyclic) bond motifs is 1. The Kier molecular flexibility index (Phi) is 3.07. The Bertz CT molecular complexity index is 693. The van der Waals surface area contributed by atoms with Gasteiger partial charge in [-0.1, -0.05) is 48.6 Å². The zero-order valence-corrected chi connectivity index (χ0v) is 10.6. The van der Waals surface area contributed by atoms with Crippen molar-refractivity contribution in [2.45, 2.75) is 0 Å². The molecule has 0 amide bonds. The van der Waals surface area contributed by atoms with E-state index in [4.69, 9.17) is 5.73 Å². The van der Waals surface area contributed by atoms with Gasteiger partial charge in [-0.05, 0) is 29.2 Å². The van der Waals surface area contributed by atoms with E-state index in [9.17, 15) is 0 Å². The fourth-order valence-corrected chi connectivity index (χ4v) is 2.26. The minimum Gasteiger partial charge on any atom is -0.398 e. The standard InChI is InChI=1S/C17H16N2/c18-17-11-9-13(15-6-1-2-7-16(15)17)8-10-14-5-3-4-12-19-14/h1-11,19H,12,18H2/b10-8+. The first-order valence-electron chi connectivity index (χ1n) is 6.40. The van der Waals surface area contributed by atoms with Gasteiger partial charge in [0.15, 0.2) is 0 Å². The van der Waals surface area contributed by atoms with Gasteiger partial charge in [0.1, 0.15) is 0 Å². The number of nitrogens with one attached hydrogen (secondary N) is 1. The molecule has 0 bridgehead atoms. The van der Waals surface area contributed by atoms with Gasteiger partial charge in [-0.2, -0.15) is 0 Å². The molecule has 0 spiro atoms. The summed E-state index contributed by atoms with van der Waals surface area (Å²) in [5.41, 5.74) is 9.14. The van der Waals surface area contributed by atoms with Crippen LogP contribution in [0.2, 0.25) is 0 Å². The molecule has 1 aliphatic heterocycles. The summed E-state index contributed by atoms with van der Waals surface area (Å²) >= 11 is 0. The molecule has 0 aliphatic carbocycles. The third-order valence-electron chi connectivity index (χ3n) is 3.27. The molecule has 2 aromatic carbocycles. The van der Waals surface area contributed by atoms with Gasteiger partial charge >= 0.3 is 0 Å². The highest BCUT2D eigenvalue weighted by Gasteiger charge is 2.01. The average Bonchev–Trinajstić information content (AvgIpc) is 2.48. The maximum Gasteiger partial charge on any atom is 0.0394 e. The predicted molar refractivity (Wildman–Crippen MR) is 82.6 cm³/mol. The topological polar surface area (TPSA) is 38.0 Å². The van der Waals surface area contributed by atoms with E-state index in [0.717, 1.165) is 23.3 Å². The highest BCUT2D eigenvalue weighted by atomic mass is 14.9. The van der Waals surface area contributed by atoms with Gasteiger partial charge in [-0.15, -0.1) is 0 Å². The van der Waals surface area contributed by atoms with E-state index in [1.54, 1.807) is 0 Å². The van der Waals surface area contributed by atoms with Gasteiger partial charge in [0, 0.05) is 23.3 Å². The Morgan fingerprint density at radius 2 is 1.84 bits per heavy atom. The second-order valence-corrected chi connectivity index (χ2v) is 4.55. The number of rotatable bonds is 2. The van der Waals surface area contributed by atoms with Crippen LogP contribution in [0.25, 0.3) is 16.8 Å². The summed E-state index contributed by atoms with van der Waals surface area (Å²) in [6.45, 7) is 0.888. The van der Waals surface area contributed by atoms with Crippen LogP contribution in [0.5, 0.6) is 0 Å². The summed E-state index contributed by atoms with van der Waals surface area (Å²) in [5.74, 6) is 0. The molecule has 1 heterocycles. The Balaban J connectivity index is 2.01. The van der Waals surface area contributed by atoms with Crippen LogP contribution in [-0.2, 0) is 0 Å². The van der Waals surface area contributed by atoms with Crippen molar-refractivity contribution in [3.63, 3.8) is 0 Å². The summed E-state index contributed by atoms with van der Waals surface area (Å²) in [6.07, 6.45) is 10.5. The molecule has 3 rings (SSSR count). The van der Waals surface area contributed by atoms with Gasteiger partial charge in [-0.3, -0.25) is 0 Å². The number of allylic oxidation sites excluding steroid dienone is 3. The second kappa shape index (κ2) is 5.02. The number of hydrogen-bond acceptors (Lipinski definition) is 2. The minimum absolute atomic E-state index is 0.825. The molecule has 2 heteroatoms. The molecule has 19 heavy (non-hydrogen) atoms. The van der Waals surface area contributed by atoms with Crippen LogP contribution < -0.4 is 11.1 Å². The van der Waals surface area contributed by atoms with Crippen LogP contribution in [-0.4, -0.2) is 6.54 Å². The Morgan fingerprint density at radius 3 is 2.63 bits per heavy atom. The monoisotopic (exact) mass is 248 g/mol. The molecule has 0 saturated heterocycles. The van der Waals surface area contributed by atoms with Crippen molar-refractivity contribution in [1.29, 1.82) is 0 Å². The van der Waals surface area contributed by atoms with Crippen LogP contribution in [0.4, 0.5) is 5.69 Å². The normalized spacial score (nSPS) is 14.6. The summed E-state index contributed by atoms with van der Waals surface area (Å²) < 4.78 is 0.